The lowest BCUT2D eigenvalue weighted by molar-refractivity contribution is -0.577. The zero-order chi connectivity index (χ0) is 36.1. The number of carboxylic acids is 1. The summed E-state index contributed by atoms with van der Waals surface area (Å²) in [5.74, 6) is 1.59. The molecule has 1 spiro atoms. The monoisotopic (exact) mass is 718 g/mol. The second kappa shape index (κ2) is 13.4. The van der Waals surface area contributed by atoms with E-state index in [0.29, 0.717) is 55.1 Å². The second-order valence-electron chi connectivity index (χ2n) is 19.4. The molecule has 290 valence electrons. The summed E-state index contributed by atoms with van der Waals surface area (Å²) >= 11 is 0. The van der Waals surface area contributed by atoms with Gasteiger partial charge in [0, 0.05) is 24.7 Å². The van der Waals surface area contributed by atoms with Gasteiger partial charge >= 0.3 is 5.97 Å². The number of aliphatic hydroxyl groups is 2. The number of carboxylic acid groups (broad SMARTS) is 1. The quantitative estimate of drug-likeness (QED) is 0.175. The SMILES string of the molecule is C[C@H]1C(OCCO[C@H]2CC3C(C[C@H](O)[C@@]4(C)C3CC[C@@H]4[C@H](C)CCC(=O)O)[C@@]3(C)CC[C@@H](O)CC23)OC2OC3(C)CCC4[C@H](C)CCC1[C@@]24OO3. The van der Waals surface area contributed by atoms with Crippen LogP contribution in [0, 0.1) is 70.0 Å². The van der Waals surface area contributed by atoms with Gasteiger partial charge in [-0.3, -0.25) is 4.79 Å². The van der Waals surface area contributed by atoms with Gasteiger partial charge in [-0.1, -0.05) is 34.6 Å². The maximum absolute atomic E-state index is 12.0. The summed E-state index contributed by atoms with van der Waals surface area (Å²) < 4.78 is 26.6. The van der Waals surface area contributed by atoms with Crippen LogP contribution in [0.3, 0.4) is 0 Å². The molecule has 0 aromatic carbocycles. The van der Waals surface area contributed by atoms with Crippen molar-refractivity contribution >= 4 is 5.97 Å². The average Bonchev–Trinajstić information content (AvgIpc) is 3.30. The molecule has 2 bridgehead atoms. The van der Waals surface area contributed by atoms with E-state index in [1.54, 1.807) is 0 Å². The van der Waals surface area contributed by atoms with Crippen molar-refractivity contribution in [2.24, 2.45) is 70.0 Å². The molecule has 10 heteroatoms. The van der Waals surface area contributed by atoms with Crippen molar-refractivity contribution in [1.82, 2.24) is 0 Å². The Morgan fingerprint density at radius 3 is 2.39 bits per heavy atom. The van der Waals surface area contributed by atoms with Gasteiger partial charge in [0.05, 0.1) is 31.5 Å². The molecule has 0 aromatic heterocycles. The first-order valence-corrected chi connectivity index (χ1v) is 20.7. The molecule has 5 saturated carbocycles. The Morgan fingerprint density at radius 1 is 0.843 bits per heavy atom. The molecule has 10 nitrogen and oxygen atoms in total. The minimum Gasteiger partial charge on any atom is -0.481 e. The maximum Gasteiger partial charge on any atom is 0.303 e. The lowest BCUT2D eigenvalue weighted by atomic mass is 9.43. The van der Waals surface area contributed by atoms with E-state index in [2.05, 4.69) is 34.6 Å². The number of rotatable bonds is 9. The van der Waals surface area contributed by atoms with E-state index < -0.39 is 36.0 Å². The molecule has 5 aliphatic carbocycles. The number of aliphatic carboxylic acids is 1. The first kappa shape index (κ1) is 37.1. The van der Waals surface area contributed by atoms with Crippen molar-refractivity contribution in [3.63, 3.8) is 0 Å². The van der Waals surface area contributed by atoms with Crippen LogP contribution >= 0.6 is 0 Å². The molecule has 4 heterocycles. The summed E-state index contributed by atoms with van der Waals surface area (Å²) in [5.41, 5.74) is -0.845. The molecule has 4 saturated heterocycles. The van der Waals surface area contributed by atoms with Gasteiger partial charge in [0.1, 0.15) is 0 Å². The van der Waals surface area contributed by atoms with E-state index in [9.17, 15) is 20.1 Å². The highest BCUT2D eigenvalue weighted by molar-refractivity contribution is 5.66. The van der Waals surface area contributed by atoms with Crippen molar-refractivity contribution in [2.75, 3.05) is 13.2 Å². The molecule has 3 N–H and O–H groups in total. The highest BCUT2D eigenvalue weighted by atomic mass is 17.3. The number of aliphatic hydroxyl groups excluding tert-OH is 2. The highest BCUT2D eigenvalue weighted by Gasteiger charge is 2.70. The molecule has 0 amide bonds. The van der Waals surface area contributed by atoms with E-state index in [4.69, 9.17) is 28.7 Å². The smallest absolute Gasteiger partial charge is 0.303 e. The first-order valence-electron chi connectivity index (χ1n) is 20.7. The summed E-state index contributed by atoms with van der Waals surface area (Å²) in [4.78, 5) is 23.7. The van der Waals surface area contributed by atoms with Crippen LogP contribution in [0.1, 0.15) is 125 Å². The Kier molecular flexibility index (Phi) is 9.76. The van der Waals surface area contributed by atoms with Crippen LogP contribution in [-0.2, 0) is 33.5 Å². The van der Waals surface area contributed by atoms with Gasteiger partial charge < -0.3 is 34.3 Å². The summed E-state index contributed by atoms with van der Waals surface area (Å²) in [6, 6.07) is 0. The topological polar surface area (TPSA) is 133 Å². The predicted molar refractivity (Wildman–Crippen MR) is 187 cm³/mol. The third kappa shape index (κ3) is 5.81. The molecule has 9 fully saturated rings. The Bertz CT molecular complexity index is 1300. The van der Waals surface area contributed by atoms with Gasteiger partial charge in [-0.25, -0.2) is 9.78 Å². The van der Waals surface area contributed by atoms with Crippen molar-refractivity contribution in [1.29, 1.82) is 0 Å². The van der Waals surface area contributed by atoms with Crippen molar-refractivity contribution in [3.8, 4) is 0 Å². The fraction of sp³-hybridized carbons (Fsp3) is 0.976. The van der Waals surface area contributed by atoms with Gasteiger partial charge in [-0.15, -0.1) is 0 Å². The van der Waals surface area contributed by atoms with Gasteiger partial charge in [-0.2, -0.15) is 0 Å². The number of ether oxygens (including phenoxy) is 4. The van der Waals surface area contributed by atoms with Crippen LogP contribution in [0.25, 0.3) is 0 Å². The summed E-state index contributed by atoms with van der Waals surface area (Å²) in [5, 5.41) is 32.3. The Labute approximate surface area is 304 Å². The molecule has 9 unspecified atom stereocenters. The molecule has 51 heavy (non-hydrogen) atoms. The van der Waals surface area contributed by atoms with E-state index >= 15 is 0 Å². The van der Waals surface area contributed by atoms with Gasteiger partial charge in [0.15, 0.2) is 18.2 Å². The zero-order valence-electron chi connectivity index (χ0n) is 32.0. The molecule has 0 aromatic rings. The summed E-state index contributed by atoms with van der Waals surface area (Å²) in [7, 11) is 0. The first-order chi connectivity index (χ1) is 24.2. The fourth-order valence-corrected chi connectivity index (χ4v) is 14.3. The van der Waals surface area contributed by atoms with Gasteiger partial charge in [0.2, 0.25) is 5.79 Å². The standard InChI is InChI=1S/C41H66O10/c1-22(8-12-35(44)45)27-10-11-30-26-20-33(32-19-25(42)13-15-38(32,4)31(26)21-34(43)40(27,30)6)46-17-18-47-36-24(3)29-9-7-23(2)28-14-16-39(5)49-37(48-36)41(28,29)51-50-39/h22-34,36-37,42-43H,7-21H2,1-6H3,(H,44,45)/t22-,23-,24-,25-,26?,27-,28?,29?,30?,31?,32?,33+,34+,36?,37?,38-,39?,40-,41-/m1/s1. The van der Waals surface area contributed by atoms with Crippen LogP contribution in [0.2, 0.25) is 0 Å². The molecule has 4 aliphatic heterocycles. The Morgan fingerprint density at radius 2 is 1.61 bits per heavy atom. The number of hydrogen-bond donors (Lipinski definition) is 3. The third-order valence-electron chi connectivity index (χ3n) is 17.1. The third-order valence-corrected chi connectivity index (χ3v) is 17.1. The largest absolute Gasteiger partial charge is 0.481 e. The Balaban J connectivity index is 0.959. The van der Waals surface area contributed by atoms with Crippen LogP contribution in [0.5, 0.6) is 0 Å². The molecule has 9 aliphatic rings. The number of fused-ring (bicyclic) bond motifs is 7. The van der Waals surface area contributed by atoms with Crippen molar-refractivity contribution in [3.05, 3.63) is 0 Å². The normalized spacial score (nSPS) is 55.1. The van der Waals surface area contributed by atoms with E-state index in [0.717, 1.165) is 70.6 Å². The van der Waals surface area contributed by atoms with Crippen LogP contribution in [-0.4, -0.2) is 76.8 Å². The molecular weight excluding hydrogens is 652 g/mol. The van der Waals surface area contributed by atoms with Crippen molar-refractivity contribution in [2.45, 2.75) is 167 Å². The number of hydrogen-bond acceptors (Lipinski definition) is 9. The minimum absolute atomic E-state index is 0.0118. The predicted octanol–water partition coefficient (Wildman–Crippen LogP) is 6.70. The van der Waals surface area contributed by atoms with Crippen LogP contribution < -0.4 is 0 Å². The van der Waals surface area contributed by atoms with Crippen molar-refractivity contribution < 1.29 is 48.8 Å². The zero-order valence-corrected chi connectivity index (χ0v) is 32.0. The van der Waals surface area contributed by atoms with Crippen LogP contribution in [0.15, 0.2) is 0 Å². The van der Waals surface area contributed by atoms with E-state index in [1.165, 1.54) is 0 Å². The highest BCUT2D eigenvalue weighted by Crippen LogP contribution is 2.69. The Hall–Kier alpha value is -0.850. The molecule has 0 radical (unpaired) electrons. The fourth-order valence-electron chi connectivity index (χ4n) is 14.3. The summed E-state index contributed by atoms with van der Waals surface area (Å²) in [6.45, 7) is 14.3. The summed E-state index contributed by atoms with van der Waals surface area (Å²) in [6.07, 6.45) is 9.48. The van der Waals surface area contributed by atoms with Gasteiger partial charge in [0.25, 0.3) is 0 Å². The maximum atomic E-state index is 12.0. The molecular formula is C41H66O10. The van der Waals surface area contributed by atoms with E-state index in [1.807, 2.05) is 6.92 Å². The number of carbonyl (C=O) groups is 1. The van der Waals surface area contributed by atoms with Crippen LogP contribution in [0.4, 0.5) is 0 Å². The minimum atomic E-state index is -0.817. The van der Waals surface area contributed by atoms with Gasteiger partial charge in [-0.05, 0) is 136 Å². The average molecular weight is 719 g/mol. The van der Waals surface area contributed by atoms with E-state index in [-0.39, 0.29) is 53.1 Å². The molecule has 19 atom stereocenters. The lowest BCUT2D eigenvalue weighted by Crippen LogP contribution is -2.70. The second-order valence-corrected chi connectivity index (χ2v) is 19.4. The lowest BCUT2D eigenvalue weighted by Gasteiger charge is -2.64. The molecule has 9 rings (SSSR count).